The lowest BCUT2D eigenvalue weighted by Gasteiger charge is -2.14. The number of benzene rings is 3. The number of ether oxygens (including phenoxy) is 1. The van der Waals surface area contributed by atoms with Crippen LogP contribution in [0.3, 0.4) is 0 Å². The van der Waals surface area contributed by atoms with Crippen molar-refractivity contribution in [2.24, 2.45) is 4.99 Å². The standard InChI is InChI=1S/C25H23N3O3S/c1-3-15-28-24(30)22(16-23(29)26-18-11-13-19(31-2)14-12-18)32-25(28)27-21-10-6-8-17-7-4-5-9-20(17)21/h3-14,22H,1,15-16H2,2H3,(H,26,29). The van der Waals surface area contributed by atoms with Crippen LogP contribution in [0.25, 0.3) is 10.8 Å². The fourth-order valence-electron chi connectivity index (χ4n) is 3.49. The molecule has 0 spiro atoms. The van der Waals surface area contributed by atoms with Crippen LogP contribution in [-0.4, -0.2) is 40.8 Å². The lowest BCUT2D eigenvalue weighted by atomic mass is 10.1. The molecule has 0 saturated carbocycles. The van der Waals surface area contributed by atoms with Gasteiger partial charge >= 0.3 is 0 Å². The van der Waals surface area contributed by atoms with Gasteiger partial charge in [-0.15, -0.1) is 6.58 Å². The first-order chi connectivity index (χ1) is 15.6. The predicted octanol–water partition coefficient (Wildman–Crippen LogP) is 4.99. The molecular formula is C25H23N3O3S. The van der Waals surface area contributed by atoms with Crippen molar-refractivity contribution < 1.29 is 14.3 Å². The highest BCUT2D eigenvalue weighted by Crippen LogP contribution is 2.34. The third kappa shape index (κ3) is 4.68. The average molecular weight is 446 g/mol. The van der Waals surface area contributed by atoms with Gasteiger partial charge in [0.25, 0.3) is 0 Å². The Bertz CT molecular complexity index is 1190. The molecule has 6 nitrogen and oxygen atoms in total. The number of aliphatic imine (C=N–C) groups is 1. The van der Waals surface area contributed by atoms with Gasteiger partial charge in [-0.05, 0) is 35.7 Å². The van der Waals surface area contributed by atoms with Crippen LogP contribution in [-0.2, 0) is 9.59 Å². The Hall–Kier alpha value is -3.58. The predicted molar refractivity (Wildman–Crippen MR) is 131 cm³/mol. The highest BCUT2D eigenvalue weighted by molar-refractivity contribution is 8.15. The third-order valence-electron chi connectivity index (χ3n) is 5.06. The zero-order valence-corrected chi connectivity index (χ0v) is 18.5. The van der Waals surface area contributed by atoms with Crippen molar-refractivity contribution >= 4 is 50.9 Å². The van der Waals surface area contributed by atoms with Gasteiger partial charge in [-0.3, -0.25) is 14.5 Å². The number of anilines is 1. The molecule has 1 saturated heterocycles. The van der Waals surface area contributed by atoms with Crippen molar-refractivity contribution in [2.75, 3.05) is 19.0 Å². The number of amidine groups is 1. The average Bonchev–Trinajstić information content (AvgIpc) is 3.09. The maximum absolute atomic E-state index is 13.0. The summed E-state index contributed by atoms with van der Waals surface area (Å²) in [7, 11) is 1.59. The number of amides is 2. The van der Waals surface area contributed by atoms with E-state index in [4.69, 9.17) is 9.73 Å². The van der Waals surface area contributed by atoms with Gasteiger partial charge in [-0.25, -0.2) is 4.99 Å². The maximum atomic E-state index is 13.0. The van der Waals surface area contributed by atoms with Gasteiger partial charge in [-0.1, -0.05) is 54.2 Å². The molecule has 0 radical (unpaired) electrons. The van der Waals surface area contributed by atoms with Crippen LogP contribution in [0, 0.1) is 0 Å². The van der Waals surface area contributed by atoms with Crippen LogP contribution in [0.1, 0.15) is 6.42 Å². The highest BCUT2D eigenvalue weighted by Gasteiger charge is 2.38. The van der Waals surface area contributed by atoms with E-state index < -0.39 is 5.25 Å². The van der Waals surface area contributed by atoms with E-state index in [2.05, 4.69) is 11.9 Å². The van der Waals surface area contributed by atoms with E-state index in [0.717, 1.165) is 16.5 Å². The molecule has 162 valence electrons. The van der Waals surface area contributed by atoms with E-state index in [1.807, 2.05) is 42.5 Å². The largest absolute Gasteiger partial charge is 0.497 e. The van der Waals surface area contributed by atoms with Crippen LogP contribution < -0.4 is 10.1 Å². The smallest absolute Gasteiger partial charge is 0.242 e. The molecule has 1 aliphatic rings. The van der Waals surface area contributed by atoms with E-state index in [9.17, 15) is 9.59 Å². The Morgan fingerprint density at radius 2 is 1.91 bits per heavy atom. The Morgan fingerprint density at radius 1 is 1.16 bits per heavy atom. The van der Waals surface area contributed by atoms with Gasteiger partial charge in [-0.2, -0.15) is 0 Å². The van der Waals surface area contributed by atoms with Crippen LogP contribution in [0.15, 0.2) is 84.4 Å². The number of hydrogen-bond acceptors (Lipinski definition) is 5. The monoisotopic (exact) mass is 445 g/mol. The molecule has 3 aromatic rings. The summed E-state index contributed by atoms with van der Waals surface area (Å²) in [4.78, 5) is 32.0. The van der Waals surface area contributed by atoms with Crippen molar-refractivity contribution in [2.45, 2.75) is 11.7 Å². The van der Waals surface area contributed by atoms with E-state index in [0.29, 0.717) is 23.1 Å². The van der Waals surface area contributed by atoms with Gasteiger partial charge in [0.1, 0.15) is 11.0 Å². The molecule has 32 heavy (non-hydrogen) atoms. The molecule has 1 heterocycles. The number of nitrogens with one attached hydrogen (secondary N) is 1. The first-order valence-corrected chi connectivity index (χ1v) is 11.1. The summed E-state index contributed by atoms with van der Waals surface area (Å²) in [6.07, 6.45) is 1.72. The SMILES string of the molecule is C=CCN1C(=O)C(CC(=O)Nc2ccc(OC)cc2)SC1=Nc1cccc2ccccc12. The zero-order chi connectivity index (χ0) is 22.5. The Kier molecular flexibility index (Phi) is 6.56. The molecule has 1 N–H and O–H groups in total. The summed E-state index contributed by atoms with van der Waals surface area (Å²) in [6.45, 7) is 4.10. The molecule has 1 fully saturated rings. The molecular weight excluding hydrogens is 422 g/mol. The van der Waals surface area contributed by atoms with Crippen molar-refractivity contribution in [1.29, 1.82) is 0 Å². The second-order valence-electron chi connectivity index (χ2n) is 7.22. The second kappa shape index (κ2) is 9.70. The molecule has 2 amide bonds. The second-order valence-corrected chi connectivity index (χ2v) is 8.39. The lowest BCUT2D eigenvalue weighted by Crippen LogP contribution is -2.33. The summed E-state index contributed by atoms with van der Waals surface area (Å²) < 4.78 is 5.13. The number of rotatable bonds is 7. The fourth-order valence-corrected chi connectivity index (χ4v) is 4.65. The molecule has 0 aliphatic carbocycles. The summed E-state index contributed by atoms with van der Waals surface area (Å²) in [6, 6.07) is 20.9. The Morgan fingerprint density at radius 3 is 2.66 bits per heavy atom. The Balaban J connectivity index is 1.53. The van der Waals surface area contributed by atoms with Crippen LogP contribution >= 0.6 is 11.8 Å². The fraction of sp³-hybridized carbons (Fsp3) is 0.160. The zero-order valence-electron chi connectivity index (χ0n) is 17.7. The van der Waals surface area contributed by atoms with Crippen LogP contribution in [0.4, 0.5) is 11.4 Å². The lowest BCUT2D eigenvalue weighted by molar-refractivity contribution is -0.127. The number of hydrogen-bond donors (Lipinski definition) is 1. The number of carbonyl (C=O) groups excluding carboxylic acids is 2. The van der Waals surface area contributed by atoms with Crippen LogP contribution in [0.5, 0.6) is 5.75 Å². The summed E-state index contributed by atoms with van der Waals surface area (Å²) >= 11 is 1.31. The summed E-state index contributed by atoms with van der Waals surface area (Å²) in [5, 5.41) is 4.96. The number of methoxy groups -OCH3 is 1. The van der Waals surface area contributed by atoms with Gasteiger partial charge in [0.2, 0.25) is 11.8 Å². The van der Waals surface area contributed by atoms with E-state index in [1.165, 1.54) is 11.8 Å². The molecule has 1 aliphatic heterocycles. The summed E-state index contributed by atoms with van der Waals surface area (Å²) in [5.74, 6) is 0.337. The minimum atomic E-state index is -0.540. The topological polar surface area (TPSA) is 71.0 Å². The normalized spacial score (nSPS) is 17.0. The van der Waals surface area contributed by atoms with E-state index >= 15 is 0 Å². The number of fused-ring (bicyclic) bond motifs is 1. The first kappa shape index (κ1) is 21.6. The summed E-state index contributed by atoms with van der Waals surface area (Å²) in [5.41, 5.74) is 1.44. The maximum Gasteiger partial charge on any atom is 0.242 e. The van der Waals surface area contributed by atoms with Gasteiger partial charge in [0.15, 0.2) is 5.17 Å². The van der Waals surface area contributed by atoms with Gasteiger partial charge < -0.3 is 10.1 Å². The molecule has 0 aromatic heterocycles. The third-order valence-corrected chi connectivity index (χ3v) is 6.23. The molecule has 1 atom stereocenters. The minimum absolute atomic E-state index is 0.0533. The number of thioether (sulfide) groups is 1. The molecule has 7 heteroatoms. The number of carbonyl (C=O) groups is 2. The van der Waals surface area contributed by atoms with E-state index in [1.54, 1.807) is 42.4 Å². The van der Waals surface area contributed by atoms with Crippen molar-refractivity contribution in [3.8, 4) is 5.75 Å². The highest BCUT2D eigenvalue weighted by atomic mass is 32.2. The minimum Gasteiger partial charge on any atom is -0.497 e. The molecule has 3 aromatic carbocycles. The van der Waals surface area contributed by atoms with Crippen LogP contribution in [0.2, 0.25) is 0 Å². The van der Waals surface area contributed by atoms with Gasteiger partial charge in [0, 0.05) is 24.0 Å². The molecule has 1 unspecified atom stereocenters. The first-order valence-electron chi connectivity index (χ1n) is 10.2. The molecule has 4 rings (SSSR count). The van der Waals surface area contributed by atoms with Crippen molar-refractivity contribution in [3.63, 3.8) is 0 Å². The van der Waals surface area contributed by atoms with Crippen molar-refractivity contribution in [1.82, 2.24) is 4.90 Å². The quantitative estimate of drug-likeness (QED) is 0.520. The van der Waals surface area contributed by atoms with E-state index in [-0.39, 0.29) is 18.2 Å². The molecule has 0 bridgehead atoms. The Labute approximate surface area is 191 Å². The van der Waals surface area contributed by atoms with Crippen molar-refractivity contribution in [3.05, 3.63) is 79.4 Å². The number of nitrogens with zero attached hydrogens (tertiary/aromatic N) is 2. The van der Waals surface area contributed by atoms with Gasteiger partial charge in [0.05, 0.1) is 12.8 Å².